The summed E-state index contributed by atoms with van der Waals surface area (Å²) in [7, 11) is 0. The first-order chi connectivity index (χ1) is 14.7. The van der Waals surface area contributed by atoms with E-state index in [1.54, 1.807) is 40.7 Å². The number of hydrogen-bond donors (Lipinski definition) is 1. The van der Waals surface area contributed by atoms with Crippen molar-refractivity contribution in [2.75, 3.05) is 18.5 Å². The number of carbonyl (C=O) groups excluding carboxylic acids is 3. The van der Waals surface area contributed by atoms with Crippen LogP contribution in [-0.4, -0.2) is 35.6 Å². The van der Waals surface area contributed by atoms with Gasteiger partial charge in [-0.05, 0) is 51.8 Å². The number of rotatable bonds is 7. The lowest BCUT2D eigenvalue weighted by Crippen LogP contribution is -2.31. The van der Waals surface area contributed by atoms with Crippen molar-refractivity contribution in [3.63, 3.8) is 0 Å². The van der Waals surface area contributed by atoms with Crippen molar-refractivity contribution >= 4 is 34.2 Å². The highest BCUT2D eigenvalue weighted by molar-refractivity contribution is 7.18. The molecule has 0 radical (unpaired) electrons. The minimum atomic E-state index is -0.683. The smallest absolute Gasteiger partial charge is 0.348 e. The van der Waals surface area contributed by atoms with Crippen LogP contribution in [-0.2, 0) is 20.8 Å². The van der Waals surface area contributed by atoms with Gasteiger partial charge in [-0.3, -0.25) is 9.59 Å². The number of aromatic nitrogens is 1. The Balaban J connectivity index is 2.42. The molecule has 1 amide bonds. The molecule has 0 fully saturated rings. The van der Waals surface area contributed by atoms with E-state index in [1.165, 1.54) is 4.57 Å². The molecule has 0 atom stereocenters. The first kappa shape index (κ1) is 23.8. The predicted molar refractivity (Wildman–Crippen MR) is 114 cm³/mol. The summed E-state index contributed by atoms with van der Waals surface area (Å²) in [4.78, 5) is 50.1. The van der Waals surface area contributed by atoms with Gasteiger partial charge in [0.2, 0.25) is 5.91 Å². The lowest BCUT2D eigenvalue weighted by molar-refractivity contribution is -0.116. The van der Waals surface area contributed by atoms with Crippen LogP contribution >= 0.6 is 11.3 Å². The standard InChI is InChI=1S/C21H23N3O6S/c1-6-29-20(27)16-13(5)17(21(28)30-7-2)31-18(16)23-15(25)10-24-12(4)8-11(3)14(9-22)19(24)26/h8H,6-7,10H2,1-5H3,(H,23,25). The van der Waals surface area contributed by atoms with Gasteiger partial charge in [0.15, 0.2) is 0 Å². The summed E-state index contributed by atoms with van der Waals surface area (Å²) >= 11 is 0.899. The van der Waals surface area contributed by atoms with E-state index in [4.69, 9.17) is 9.47 Å². The molecule has 0 saturated heterocycles. The molecular weight excluding hydrogens is 422 g/mol. The first-order valence-electron chi connectivity index (χ1n) is 9.54. The van der Waals surface area contributed by atoms with E-state index < -0.39 is 23.4 Å². The highest BCUT2D eigenvalue weighted by atomic mass is 32.1. The summed E-state index contributed by atoms with van der Waals surface area (Å²) in [5, 5.41) is 11.9. The first-order valence-corrected chi connectivity index (χ1v) is 10.4. The third-order valence-electron chi connectivity index (χ3n) is 4.46. The largest absolute Gasteiger partial charge is 0.462 e. The van der Waals surface area contributed by atoms with Crippen LogP contribution in [0.2, 0.25) is 0 Å². The molecule has 0 unspecified atom stereocenters. The van der Waals surface area contributed by atoms with Gasteiger partial charge in [-0.2, -0.15) is 5.26 Å². The Bertz CT molecular complexity index is 1140. The van der Waals surface area contributed by atoms with Crippen LogP contribution in [0.25, 0.3) is 0 Å². The Morgan fingerprint density at radius 3 is 2.32 bits per heavy atom. The fourth-order valence-corrected chi connectivity index (χ4v) is 4.12. The summed E-state index contributed by atoms with van der Waals surface area (Å²) < 4.78 is 11.3. The number of nitrogens with one attached hydrogen (secondary N) is 1. The van der Waals surface area contributed by atoms with E-state index in [-0.39, 0.29) is 40.8 Å². The molecule has 9 nitrogen and oxygen atoms in total. The summed E-state index contributed by atoms with van der Waals surface area (Å²) in [6, 6.07) is 3.50. The number of thiophene rings is 1. The van der Waals surface area contributed by atoms with Crippen LogP contribution in [0.5, 0.6) is 0 Å². The minimum absolute atomic E-state index is 0.0397. The molecule has 2 aromatic rings. The van der Waals surface area contributed by atoms with E-state index in [1.807, 2.05) is 6.07 Å². The van der Waals surface area contributed by atoms with Crippen molar-refractivity contribution in [1.82, 2.24) is 4.57 Å². The third-order valence-corrected chi connectivity index (χ3v) is 5.65. The lowest BCUT2D eigenvalue weighted by Gasteiger charge is -2.12. The summed E-state index contributed by atoms with van der Waals surface area (Å²) in [5.74, 6) is -1.89. The SMILES string of the molecule is CCOC(=O)c1sc(NC(=O)Cn2c(C)cc(C)c(C#N)c2=O)c(C(=O)OCC)c1C. The summed E-state index contributed by atoms with van der Waals surface area (Å²) in [5.41, 5.74) is 0.829. The second kappa shape index (κ2) is 10.0. The van der Waals surface area contributed by atoms with Crippen molar-refractivity contribution in [2.24, 2.45) is 0 Å². The van der Waals surface area contributed by atoms with Gasteiger partial charge in [0.25, 0.3) is 5.56 Å². The van der Waals surface area contributed by atoms with Gasteiger partial charge in [-0.15, -0.1) is 11.3 Å². The molecular formula is C21H23N3O6S. The maximum absolute atomic E-state index is 12.7. The molecule has 2 aromatic heterocycles. The van der Waals surface area contributed by atoms with Crippen molar-refractivity contribution in [3.8, 4) is 6.07 Å². The van der Waals surface area contributed by atoms with Crippen molar-refractivity contribution in [2.45, 2.75) is 41.2 Å². The van der Waals surface area contributed by atoms with Crippen LogP contribution < -0.4 is 10.9 Å². The van der Waals surface area contributed by atoms with E-state index >= 15 is 0 Å². The number of ether oxygens (including phenoxy) is 2. The van der Waals surface area contributed by atoms with Gasteiger partial charge in [0.1, 0.15) is 28.1 Å². The molecule has 0 spiro atoms. The van der Waals surface area contributed by atoms with Gasteiger partial charge < -0.3 is 19.4 Å². The van der Waals surface area contributed by atoms with Gasteiger partial charge in [0, 0.05) is 5.69 Å². The number of carbonyl (C=O) groups is 3. The molecule has 0 bridgehead atoms. The molecule has 0 saturated carbocycles. The van der Waals surface area contributed by atoms with Crippen molar-refractivity contribution < 1.29 is 23.9 Å². The molecule has 164 valence electrons. The zero-order valence-corrected chi connectivity index (χ0v) is 18.8. The Morgan fingerprint density at radius 2 is 1.74 bits per heavy atom. The van der Waals surface area contributed by atoms with Crippen LogP contribution in [0.4, 0.5) is 5.00 Å². The lowest BCUT2D eigenvalue weighted by atomic mass is 10.1. The molecule has 0 aliphatic carbocycles. The summed E-state index contributed by atoms with van der Waals surface area (Å²) in [6.45, 7) is 8.08. The number of nitriles is 1. The van der Waals surface area contributed by atoms with Crippen LogP contribution in [0.3, 0.4) is 0 Å². The predicted octanol–water partition coefficient (Wildman–Crippen LogP) is 2.70. The zero-order chi connectivity index (χ0) is 23.3. The van der Waals surface area contributed by atoms with Gasteiger partial charge >= 0.3 is 11.9 Å². The minimum Gasteiger partial charge on any atom is -0.462 e. The average Bonchev–Trinajstić information content (AvgIpc) is 3.01. The molecule has 1 N–H and O–H groups in total. The average molecular weight is 445 g/mol. The fraction of sp³-hybridized carbons (Fsp3) is 0.381. The second-order valence-electron chi connectivity index (χ2n) is 6.60. The quantitative estimate of drug-likeness (QED) is 0.649. The number of pyridine rings is 1. The van der Waals surface area contributed by atoms with E-state index in [0.29, 0.717) is 16.8 Å². The maximum atomic E-state index is 12.7. The normalized spacial score (nSPS) is 10.3. The number of esters is 2. The molecule has 0 aromatic carbocycles. The van der Waals surface area contributed by atoms with Crippen LogP contribution in [0.1, 0.15) is 56.3 Å². The summed E-state index contributed by atoms with van der Waals surface area (Å²) in [6.07, 6.45) is 0. The molecule has 0 aliphatic rings. The van der Waals surface area contributed by atoms with Crippen molar-refractivity contribution in [1.29, 1.82) is 5.26 Å². The number of amides is 1. The number of hydrogen-bond acceptors (Lipinski definition) is 8. The number of aryl methyl sites for hydroxylation is 2. The monoisotopic (exact) mass is 445 g/mol. The molecule has 31 heavy (non-hydrogen) atoms. The van der Waals surface area contributed by atoms with Crippen LogP contribution in [0.15, 0.2) is 10.9 Å². The highest BCUT2D eigenvalue weighted by Crippen LogP contribution is 2.34. The molecule has 10 heteroatoms. The van der Waals surface area contributed by atoms with Gasteiger partial charge in [-0.1, -0.05) is 0 Å². The zero-order valence-electron chi connectivity index (χ0n) is 18.0. The van der Waals surface area contributed by atoms with Gasteiger partial charge in [0.05, 0.1) is 18.8 Å². The number of anilines is 1. The Kier molecular flexibility index (Phi) is 7.72. The number of nitrogens with zero attached hydrogens (tertiary/aromatic N) is 2. The Labute approximate surface area is 183 Å². The maximum Gasteiger partial charge on any atom is 0.348 e. The van der Waals surface area contributed by atoms with Crippen LogP contribution in [0, 0.1) is 32.1 Å². The molecule has 2 heterocycles. The van der Waals surface area contributed by atoms with E-state index in [9.17, 15) is 24.4 Å². The second-order valence-corrected chi connectivity index (χ2v) is 7.62. The third kappa shape index (κ3) is 5.00. The molecule has 2 rings (SSSR count). The van der Waals surface area contributed by atoms with E-state index in [0.717, 1.165) is 11.3 Å². The highest BCUT2D eigenvalue weighted by Gasteiger charge is 2.27. The molecule has 0 aliphatic heterocycles. The van der Waals surface area contributed by atoms with Gasteiger partial charge in [-0.25, -0.2) is 9.59 Å². The Hall–Kier alpha value is -3.45. The Morgan fingerprint density at radius 1 is 1.13 bits per heavy atom. The van der Waals surface area contributed by atoms with E-state index in [2.05, 4.69) is 5.32 Å². The fourth-order valence-electron chi connectivity index (χ4n) is 3.01. The van der Waals surface area contributed by atoms with Crippen molar-refractivity contribution in [3.05, 3.63) is 49.2 Å². The topological polar surface area (TPSA) is 127 Å².